The largest absolute Gasteiger partial charge is 0.370 e. The number of hydrogen-bond donors (Lipinski definition) is 1. The predicted octanol–water partition coefficient (Wildman–Crippen LogP) is 2.39. The molecule has 1 heterocycles. The highest BCUT2D eigenvalue weighted by atomic mass is 16.5. The number of nitrogens with zero attached hydrogens (tertiary/aromatic N) is 2. The number of methoxy groups -OCH3 is 1. The minimum atomic E-state index is -0.227. The van der Waals surface area contributed by atoms with Crippen LogP contribution in [0.5, 0.6) is 0 Å². The van der Waals surface area contributed by atoms with Gasteiger partial charge in [-0.1, -0.05) is 6.92 Å². The third-order valence-corrected chi connectivity index (χ3v) is 3.67. The molecule has 1 aromatic heterocycles. The Kier molecular flexibility index (Phi) is 4.66. The van der Waals surface area contributed by atoms with Crippen LogP contribution < -0.4 is 5.32 Å². The van der Waals surface area contributed by atoms with E-state index in [2.05, 4.69) is 22.2 Å². The molecule has 1 aliphatic carbocycles. The lowest BCUT2D eigenvalue weighted by atomic mass is 10.0. The van der Waals surface area contributed by atoms with Crippen LogP contribution in [0.2, 0.25) is 0 Å². The van der Waals surface area contributed by atoms with Crippen LogP contribution >= 0.6 is 0 Å². The fraction of sp³-hybridized carbons (Fsp3) is 0.714. The quantitative estimate of drug-likeness (QED) is 0.786. The van der Waals surface area contributed by atoms with E-state index in [1.165, 1.54) is 12.8 Å². The Morgan fingerprint density at radius 1 is 1.28 bits per heavy atom. The summed E-state index contributed by atoms with van der Waals surface area (Å²) in [6.45, 7) is 4.03. The Bertz CT molecular complexity index is 358. The summed E-state index contributed by atoms with van der Waals surface area (Å²) in [4.78, 5) is 9.01. The summed E-state index contributed by atoms with van der Waals surface area (Å²) in [6.07, 6.45) is 9.47. The highest BCUT2D eigenvalue weighted by Gasteiger charge is 2.38. The van der Waals surface area contributed by atoms with Crippen LogP contribution in [-0.4, -0.2) is 23.6 Å². The fourth-order valence-corrected chi connectivity index (χ4v) is 2.56. The van der Waals surface area contributed by atoms with E-state index in [4.69, 9.17) is 4.74 Å². The van der Waals surface area contributed by atoms with Crippen molar-refractivity contribution in [3.63, 3.8) is 0 Å². The Morgan fingerprint density at radius 3 is 2.50 bits per heavy atom. The lowest BCUT2D eigenvalue weighted by Gasteiger charge is -2.25. The molecule has 0 bridgehead atoms. The topological polar surface area (TPSA) is 47.0 Å². The summed E-state index contributed by atoms with van der Waals surface area (Å²) in [5.41, 5.74) is 0.909. The van der Waals surface area contributed by atoms with E-state index in [0.29, 0.717) is 0 Å². The van der Waals surface area contributed by atoms with Crippen molar-refractivity contribution in [3.8, 4) is 0 Å². The van der Waals surface area contributed by atoms with Gasteiger partial charge < -0.3 is 10.1 Å². The first-order chi connectivity index (χ1) is 8.80. The van der Waals surface area contributed by atoms with E-state index in [1.54, 1.807) is 7.11 Å². The SMILES string of the molecule is CCCNCc1cnc(C2(OC)CCCC2)nc1. The highest BCUT2D eigenvalue weighted by molar-refractivity contribution is 5.11. The van der Waals surface area contributed by atoms with Gasteiger partial charge in [-0.25, -0.2) is 9.97 Å². The van der Waals surface area contributed by atoms with E-state index in [0.717, 1.165) is 43.7 Å². The summed E-state index contributed by atoms with van der Waals surface area (Å²) in [5, 5.41) is 3.35. The van der Waals surface area contributed by atoms with E-state index >= 15 is 0 Å². The van der Waals surface area contributed by atoms with Crippen LogP contribution in [0.4, 0.5) is 0 Å². The summed E-state index contributed by atoms with van der Waals surface area (Å²) in [6, 6.07) is 0. The molecule has 0 aliphatic heterocycles. The Labute approximate surface area is 109 Å². The second kappa shape index (κ2) is 6.25. The van der Waals surface area contributed by atoms with E-state index < -0.39 is 0 Å². The van der Waals surface area contributed by atoms with Crippen molar-refractivity contribution in [1.82, 2.24) is 15.3 Å². The second-order valence-corrected chi connectivity index (χ2v) is 5.00. The number of aromatic nitrogens is 2. The first-order valence-electron chi connectivity index (χ1n) is 6.88. The van der Waals surface area contributed by atoms with E-state index in [9.17, 15) is 0 Å². The zero-order chi connectivity index (χ0) is 12.8. The molecule has 0 atom stereocenters. The molecular weight excluding hydrogens is 226 g/mol. The van der Waals surface area contributed by atoms with Crippen LogP contribution in [0.25, 0.3) is 0 Å². The van der Waals surface area contributed by atoms with Crippen molar-refractivity contribution in [2.75, 3.05) is 13.7 Å². The molecule has 0 unspecified atom stereocenters. The molecule has 1 N–H and O–H groups in total. The first kappa shape index (κ1) is 13.4. The maximum atomic E-state index is 5.68. The van der Waals surface area contributed by atoms with E-state index in [1.807, 2.05) is 12.4 Å². The smallest absolute Gasteiger partial charge is 0.160 e. The molecule has 1 aliphatic rings. The monoisotopic (exact) mass is 249 g/mol. The zero-order valence-electron chi connectivity index (χ0n) is 11.4. The molecule has 0 radical (unpaired) electrons. The molecule has 0 spiro atoms. The van der Waals surface area contributed by atoms with E-state index in [-0.39, 0.29) is 5.60 Å². The van der Waals surface area contributed by atoms with Crippen molar-refractivity contribution >= 4 is 0 Å². The molecule has 1 saturated carbocycles. The van der Waals surface area contributed by atoms with Crippen LogP contribution in [0.3, 0.4) is 0 Å². The van der Waals surface area contributed by atoms with Crippen molar-refractivity contribution < 1.29 is 4.74 Å². The van der Waals surface area contributed by atoms with Gasteiger partial charge in [0.05, 0.1) is 0 Å². The van der Waals surface area contributed by atoms with Crippen LogP contribution in [0, 0.1) is 0 Å². The minimum absolute atomic E-state index is 0.227. The lowest BCUT2D eigenvalue weighted by molar-refractivity contribution is -0.0163. The number of nitrogens with one attached hydrogen (secondary N) is 1. The Balaban J connectivity index is 2.02. The molecular formula is C14H23N3O. The molecule has 2 rings (SSSR count). The molecule has 4 nitrogen and oxygen atoms in total. The number of rotatable bonds is 6. The molecule has 100 valence electrons. The van der Waals surface area contributed by atoms with Gasteiger partial charge >= 0.3 is 0 Å². The maximum Gasteiger partial charge on any atom is 0.160 e. The molecule has 1 fully saturated rings. The number of hydrogen-bond acceptors (Lipinski definition) is 4. The first-order valence-corrected chi connectivity index (χ1v) is 6.88. The van der Waals surface area contributed by atoms with Gasteiger partial charge in [-0.15, -0.1) is 0 Å². The number of ether oxygens (including phenoxy) is 1. The average Bonchev–Trinajstić information content (AvgIpc) is 2.90. The summed E-state index contributed by atoms with van der Waals surface area (Å²) in [7, 11) is 1.77. The van der Waals surface area contributed by atoms with Crippen LogP contribution in [0.1, 0.15) is 50.4 Å². The van der Waals surface area contributed by atoms with Crippen molar-refractivity contribution in [2.45, 2.75) is 51.2 Å². The molecule has 0 saturated heterocycles. The van der Waals surface area contributed by atoms with Crippen molar-refractivity contribution in [1.29, 1.82) is 0 Å². The predicted molar refractivity (Wildman–Crippen MR) is 71.2 cm³/mol. The van der Waals surface area contributed by atoms with Gasteiger partial charge in [0.25, 0.3) is 0 Å². The third kappa shape index (κ3) is 2.87. The fourth-order valence-electron chi connectivity index (χ4n) is 2.56. The highest BCUT2D eigenvalue weighted by Crippen LogP contribution is 2.39. The van der Waals surface area contributed by atoms with Gasteiger partial charge in [-0.3, -0.25) is 0 Å². The lowest BCUT2D eigenvalue weighted by Crippen LogP contribution is -2.27. The summed E-state index contributed by atoms with van der Waals surface area (Å²) < 4.78 is 5.68. The van der Waals surface area contributed by atoms with Crippen LogP contribution in [0.15, 0.2) is 12.4 Å². The zero-order valence-corrected chi connectivity index (χ0v) is 11.4. The molecule has 0 amide bonds. The van der Waals surface area contributed by atoms with Crippen molar-refractivity contribution in [2.24, 2.45) is 0 Å². The Morgan fingerprint density at radius 2 is 1.94 bits per heavy atom. The maximum absolute atomic E-state index is 5.68. The average molecular weight is 249 g/mol. The summed E-state index contributed by atoms with van der Waals surface area (Å²) >= 11 is 0. The van der Waals surface area contributed by atoms with Gasteiger partial charge in [0, 0.05) is 31.6 Å². The Hall–Kier alpha value is -1.00. The second-order valence-electron chi connectivity index (χ2n) is 5.00. The van der Waals surface area contributed by atoms with Crippen LogP contribution in [-0.2, 0) is 16.9 Å². The van der Waals surface area contributed by atoms with Gasteiger partial charge in [-0.05, 0) is 38.6 Å². The summed E-state index contributed by atoms with van der Waals surface area (Å²) in [5.74, 6) is 0.849. The standard InChI is InChI=1S/C14H23N3O/c1-3-8-15-9-12-10-16-13(17-11-12)14(18-2)6-4-5-7-14/h10-11,15H,3-9H2,1-2H3. The molecule has 4 heteroatoms. The van der Waals surface area contributed by atoms with Gasteiger partial charge in [0.2, 0.25) is 0 Å². The molecule has 1 aromatic rings. The molecule has 0 aromatic carbocycles. The van der Waals surface area contributed by atoms with Gasteiger partial charge in [-0.2, -0.15) is 0 Å². The molecule has 18 heavy (non-hydrogen) atoms. The van der Waals surface area contributed by atoms with Gasteiger partial charge in [0.1, 0.15) is 5.60 Å². The minimum Gasteiger partial charge on any atom is -0.370 e. The van der Waals surface area contributed by atoms with Gasteiger partial charge in [0.15, 0.2) is 5.82 Å². The third-order valence-electron chi connectivity index (χ3n) is 3.67. The van der Waals surface area contributed by atoms with Crippen molar-refractivity contribution in [3.05, 3.63) is 23.8 Å². The normalized spacial score (nSPS) is 18.1.